The summed E-state index contributed by atoms with van der Waals surface area (Å²) in [6.45, 7) is 2.15. The molecule has 3 aromatic rings. The molecule has 4 atom stereocenters. The van der Waals surface area contributed by atoms with E-state index >= 15 is 0 Å². The lowest BCUT2D eigenvalue weighted by atomic mass is 9.93. The molecule has 0 aromatic carbocycles. The lowest BCUT2D eigenvalue weighted by Gasteiger charge is -2.15. The van der Waals surface area contributed by atoms with Crippen molar-refractivity contribution in [3.05, 3.63) is 24.3 Å². The lowest BCUT2D eigenvalue weighted by Crippen LogP contribution is -2.35. The summed E-state index contributed by atoms with van der Waals surface area (Å²) in [5, 5.41) is 16.6. The number of fused-ring (bicyclic) bond motifs is 3. The number of imide groups is 1. The van der Waals surface area contributed by atoms with Gasteiger partial charge in [-0.05, 0) is 31.2 Å². The SMILES string of the molecule is CC[C@@H]1C[C@H](NC(=O)CCC2NC(=O)NC2=O)C[C@@H]1c1nnc2cnc3[nH]ccc3n12. The number of amides is 4. The van der Waals surface area contributed by atoms with E-state index in [1.807, 2.05) is 12.3 Å². The van der Waals surface area contributed by atoms with Crippen molar-refractivity contribution in [1.82, 2.24) is 40.5 Å². The zero-order valence-electron chi connectivity index (χ0n) is 17.1. The summed E-state index contributed by atoms with van der Waals surface area (Å²) in [7, 11) is 0. The Bertz CT molecular complexity index is 1170. The van der Waals surface area contributed by atoms with Crippen LogP contribution in [0.15, 0.2) is 18.5 Å². The number of hydrogen-bond donors (Lipinski definition) is 4. The Morgan fingerprint density at radius 1 is 1.29 bits per heavy atom. The molecule has 1 unspecified atom stereocenters. The number of rotatable bonds is 6. The van der Waals surface area contributed by atoms with E-state index in [0.29, 0.717) is 11.6 Å². The third-order valence-corrected chi connectivity index (χ3v) is 6.40. The molecule has 0 bridgehead atoms. The van der Waals surface area contributed by atoms with E-state index in [-0.39, 0.29) is 36.6 Å². The minimum absolute atomic E-state index is 0.0327. The van der Waals surface area contributed by atoms with E-state index < -0.39 is 12.1 Å². The summed E-state index contributed by atoms with van der Waals surface area (Å²) in [5.41, 5.74) is 2.44. The zero-order valence-corrected chi connectivity index (χ0v) is 17.1. The van der Waals surface area contributed by atoms with Crippen molar-refractivity contribution in [2.24, 2.45) is 5.92 Å². The Morgan fingerprint density at radius 2 is 2.16 bits per heavy atom. The van der Waals surface area contributed by atoms with Crippen molar-refractivity contribution in [3.63, 3.8) is 0 Å². The van der Waals surface area contributed by atoms with Crippen molar-refractivity contribution >= 4 is 34.7 Å². The first kappa shape index (κ1) is 19.5. The van der Waals surface area contributed by atoms with Gasteiger partial charge in [0, 0.05) is 24.6 Å². The molecule has 1 aliphatic carbocycles. The van der Waals surface area contributed by atoms with Crippen LogP contribution in [0.2, 0.25) is 0 Å². The fourth-order valence-corrected chi connectivity index (χ4v) is 4.89. The number of carbonyl (C=O) groups is 3. The largest absolute Gasteiger partial charge is 0.353 e. The standard InChI is InChI=1S/C20H24N8O3/c1-2-10-7-11(23-16(29)4-3-13-19(30)25-20(31)24-13)8-12(10)18-27-26-15-9-22-17-14(28(15)18)5-6-21-17/h5-6,9-13,21H,2-4,7-8H2,1H3,(H,23,29)(H2,24,25,30,31)/t10-,11+,12+,13?/m1/s1. The Balaban J connectivity index is 1.28. The second-order valence-corrected chi connectivity index (χ2v) is 8.29. The smallest absolute Gasteiger partial charge is 0.322 e. The number of H-pyrrole nitrogens is 1. The van der Waals surface area contributed by atoms with E-state index in [1.165, 1.54) is 0 Å². The molecule has 2 aliphatic rings. The molecule has 2 fully saturated rings. The van der Waals surface area contributed by atoms with E-state index in [1.54, 1.807) is 6.20 Å². The van der Waals surface area contributed by atoms with Crippen LogP contribution in [0.3, 0.4) is 0 Å². The van der Waals surface area contributed by atoms with Gasteiger partial charge in [0.15, 0.2) is 11.3 Å². The van der Waals surface area contributed by atoms with Crippen LogP contribution in [-0.4, -0.2) is 54.5 Å². The van der Waals surface area contributed by atoms with Crippen molar-refractivity contribution < 1.29 is 14.4 Å². The first-order valence-corrected chi connectivity index (χ1v) is 10.6. The van der Waals surface area contributed by atoms with Gasteiger partial charge in [-0.15, -0.1) is 10.2 Å². The maximum Gasteiger partial charge on any atom is 0.322 e. The van der Waals surface area contributed by atoms with Gasteiger partial charge in [-0.1, -0.05) is 13.3 Å². The molecule has 3 aromatic heterocycles. The quantitative estimate of drug-likeness (QED) is 0.434. The highest BCUT2D eigenvalue weighted by atomic mass is 16.2. The highest BCUT2D eigenvalue weighted by Crippen LogP contribution is 2.41. The number of aromatic nitrogens is 5. The predicted octanol–water partition coefficient (Wildman–Crippen LogP) is 0.982. The number of aromatic amines is 1. The van der Waals surface area contributed by atoms with Gasteiger partial charge in [0.25, 0.3) is 5.91 Å². The number of nitrogens with one attached hydrogen (secondary N) is 4. The van der Waals surface area contributed by atoms with Crippen LogP contribution < -0.4 is 16.0 Å². The molecule has 162 valence electrons. The van der Waals surface area contributed by atoms with Crippen LogP contribution in [-0.2, 0) is 9.59 Å². The van der Waals surface area contributed by atoms with Crippen LogP contribution in [0.5, 0.6) is 0 Å². The molecule has 1 saturated heterocycles. The fourth-order valence-electron chi connectivity index (χ4n) is 4.89. The summed E-state index contributed by atoms with van der Waals surface area (Å²) >= 11 is 0. The van der Waals surface area contributed by atoms with Gasteiger partial charge in [0.2, 0.25) is 5.91 Å². The average Bonchev–Trinajstić information content (AvgIpc) is 3.50. The first-order chi connectivity index (χ1) is 15.0. The first-order valence-electron chi connectivity index (χ1n) is 10.6. The summed E-state index contributed by atoms with van der Waals surface area (Å²) in [5.74, 6) is 0.952. The molecule has 4 amide bonds. The Kier molecular flexibility index (Phi) is 4.79. The lowest BCUT2D eigenvalue weighted by molar-refractivity contribution is -0.122. The normalized spacial score (nSPS) is 25.8. The highest BCUT2D eigenvalue weighted by molar-refractivity contribution is 6.04. The Labute approximate surface area is 177 Å². The third kappa shape index (κ3) is 3.49. The van der Waals surface area contributed by atoms with Gasteiger partial charge in [0.05, 0.1) is 11.7 Å². The summed E-state index contributed by atoms with van der Waals surface area (Å²) in [4.78, 5) is 42.8. The fraction of sp³-hybridized carbons (Fsp3) is 0.500. The van der Waals surface area contributed by atoms with E-state index in [0.717, 1.165) is 36.3 Å². The van der Waals surface area contributed by atoms with Gasteiger partial charge >= 0.3 is 6.03 Å². The zero-order chi connectivity index (χ0) is 21.5. The van der Waals surface area contributed by atoms with E-state index in [9.17, 15) is 14.4 Å². The minimum Gasteiger partial charge on any atom is -0.353 e. The maximum atomic E-state index is 12.5. The van der Waals surface area contributed by atoms with Crippen LogP contribution in [0.25, 0.3) is 16.8 Å². The van der Waals surface area contributed by atoms with Crippen molar-refractivity contribution in [3.8, 4) is 0 Å². The molecule has 4 heterocycles. The monoisotopic (exact) mass is 424 g/mol. The van der Waals surface area contributed by atoms with Gasteiger partial charge in [-0.3, -0.25) is 19.3 Å². The van der Waals surface area contributed by atoms with Crippen molar-refractivity contribution in [2.75, 3.05) is 0 Å². The van der Waals surface area contributed by atoms with Gasteiger partial charge in [-0.25, -0.2) is 9.78 Å². The van der Waals surface area contributed by atoms with Crippen LogP contribution in [0.1, 0.15) is 50.8 Å². The Morgan fingerprint density at radius 3 is 2.94 bits per heavy atom. The second kappa shape index (κ2) is 7.64. The van der Waals surface area contributed by atoms with Crippen LogP contribution in [0.4, 0.5) is 4.79 Å². The predicted molar refractivity (Wildman–Crippen MR) is 110 cm³/mol. The molecular weight excluding hydrogens is 400 g/mol. The molecule has 4 N–H and O–H groups in total. The topological polar surface area (TPSA) is 146 Å². The molecule has 11 heteroatoms. The molecule has 0 radical (unpaired) electrons. The van der Waals surface area contributed by atoms with E-state index in [4.69, 9.17) is 0 Å². The van der Waals surface area contributed by atoms with Gasteiger partial charge < -0.3 is 15.6 Å². The molecule has 1 saturated carbocycles. The summed E-state index contributed by atoms with van der Waals surface area (Å²) in [6, 6.07) is 0.852. The summed E-state index contributed by atoms with van der Waals surface area (Å²) in [6.07, 6.45) is 6.64. The number of hydrogen-bond acceptors (Lipinski definition) is 6. The van der Waals surface area contributed by atoms with E-state index in [2.05, 4.69) is 47.4 Å². The van der Waals surface area contributed by atoms with Crippen LogP contribution in [0, 0.1) is 5.92 Å². The molecular formula is C20H24N8O3. The van der Waals surface area contributed by atoms with Crippen molar-refractivity contribution in [1.29, 1.82) is 0 Å². The molecule has 5 rings (SSSR count). The Hall–Kier alpha value is -3.50. The number of nitrogens with zero attached hydrogens (tertiary/aromatic N) is 4. The van der Waals surface area contributed by atoms with Gasteiger partial charge in [0.1, 0.15) is 11.9 Å². The average molecular weight is 424 g/mol. The number of urea groups is 1. The minimum atomic E-state index is -0.641. The highest BCUT2D eigenvalue weighted by Gasteiger charge is 2.38. The second-order valence-electron chi connectivity index (χ2n) is 8.29. The molecule has 11 nitrogen and oxygen atoms in total. The summed E-state index contributed by atoms with van der Waals surface area (Å²) < 4.78 is 2.05. The molecule has 31 heavy (non-hydrogen) atoms. The number of carbonyl (C=O) groups excluding carboxylic acids is 3. The molecule has 0 spiro atoms. The van der Waals surface area contributed by atoms with Crippen LogP contribution >= 0.6 is 0 Å². The molecule has 1 aliphatic heterocycles. The maximum absolute atomic E-state index is 12.5. The van der Waals surface area contributed by atoms with Gasteiger partial charge in [-0.2, -0.15) is 0 Å². The third-order valence-electron chi connectivity index (χ3n) is 6.40. The van der Waals surface area contributed by atoms with Crippen molar-refractivity contribution in [2.45, 2.75) is 57.0 Å².